The maximum atomic E-state index is 12.4. The molecule has 138 valence electrons. The average molecular weight is 398 g/mol. The molecule has 6 heteroatoms. The molecule has 2 aromatic carbocycles. The normalized spacial score (nSPS) is 10.4. The molecule has 3 rings (SSSR count). The third-order valence-corrected chi connectivity index (χ3v) is 5.93. The molecule has 0 spiro atoms. The van der Waals surface area contributed by atoms with Crippen molar-refractivity contribution in [2.75, 3.05) is 18.2 Å². The van der Waals surface area contributed by atoms with E-state index in [1.165, 1.54) is 30.2 Å². The van der Waals surface area contributed by atoms with Crippen molar-refractivity contribution in [3.63, 3.8) is 0 Å². The van der Waals surface area contributed by atoms with E-state index < -0.39 is 5.97 Å². The second-order valence-electron chi connectivity index (χ2n) is 5.74. The fraction of sp³-hybridized carbons (Fsp3) is 0.143. The van der Waals surface area contributed by atoms with Crippen molar-refractivity contribution in [3.8, 4) is 11.1 Å². The van der Waals surface area contributed by atoms with E-state index in [1.54, 1.807) is 0 Å². The third kappa shape index (κ3) is 4.59. The van der Waals surface area contributed by atoms with Gasteiger partial charge in [-0.1, -0.05) is 48.5 Å². The molecule has 0 saturated carbocycles. The summed E-state index contributed by atoms with van der Waals surface area (Å²) in [5.74, 6) is -0.346. The van der Waals surface area contributed by atoms with Crippen molar-refractivity contribution in [2.24, 2.45) is 0 Å². The molecule has 1 N–H and O–H groups in total. The lowest BCUT2D eigenvalue weighted by atomic mass is 10.0. The Morgan fingerprint density at radius 2 is 1.67 bits per heavy atom. The molecule has 0 aliphatic carbocycles. The van der Waals surface area contributed by atoms with Crippen LogP contribution in [0.25, 0.3) is 11.1 Å². The summed E-state index contributed by atoms with van der Waals surface area (Å²) in [5, 5.41) is 3.41. The smallest absolute Gasteiger partial charge is 0.341 e. The second-order valence-corrected chi connectivity index (χ2v) is 8.02. The molecule has 0 aliphatic rings. The molecule has 1 heterocycles. The summed E-state index contributed by atoms with van der Waals surface area (Å²) in [6.45, 7) is 1.94. The Labute approximate surface area is 166 Å². The Morgan fingerprint density at radius 1 is 1.04 bits per heavy atom. The average Bonchev–Trinajstić information content (AvgIpc) is 3.02. The second kappa shape index (κ2) is 8.88. The minimum absolute atomic E-state index is 0.158. The number of thioether (sulfide) groups is 1. The molecule has 0 bridgehead atoms. The van der Waals surface area contributed by atoms with Crippen LogP contribution in [0.1, 0.15) is 15.2 Å². The van der Waals surface area contributed by atoms with Crippen LogP contribution in [-0.4, -0.2) is 24.7 Å². The summed E-state index contributed by atoms with van der Waals surface area (Å²) in [6, 6.07) is 19.4. The molecule has 27 heavy (non-hydrogen) atoms. The number of rotatable bonds is 6. The van der Waals surface area contributed by atoms with Gasteiger partial charge in [-0.3, -0.25) is 4.79 Å². The van der Waals surface area contributed by atoms with Gasteiger partial charge in [-0.05, 0) is 24.6 Å². The Bertz CT molecular complexity index is 937. The molecule has 1 aromatic heterocycles. The van der Waals surface area contributed by atoms with Crippen molar-refractivity contribution >= 4 is 40.0 Å². The highest BCUT2D eigenvalue weighted by atomic mass is 32.2. The Morgan fingerprint density at radius 3 is 2.30 bits per heavy atom. The van der Waals surface area contributed by atoms with Gasteiger partial charge in [0.05, 0.1) is 12.9 Å². The summed E-state index contributed by atoms with van der Waals surface area (Å²) >= 11 is 2.84. The van der Waals surface area contributed by atoms with Crippen LogP contribution in [0, 0.1) is 6.92 Å². The van der Waals surface area contributed by atoms with Gasteiger partial charge in [-0.25, -0.2) is 4.79 Å². The number of aryl methyl sites for hydroxylation is 1. The first-order valence-electron chi connectivity index (χ1n) is 8.35. The number of thiophene rings is 1. The molecule has 0 atom stereocenters. The topological polar surface area (TPSA) is 55.4 Å². The number of ether oxygens (including phenoxy) is 1. The van der Waals surface area contributed by atoms with Gasteiger partial charge >= 0.3 is 5.97 Å². The number of anilines is 1. The van der Waals surface area contributed by atoms with E-state index in [2.05, 4.69) is 5.32 Å². The van der Waals surface area contributed by atoms with Gasteiger partial charge in [-0.15, -0.1) is 23.1 Å². The number of carbonyl (C=O) groups is 2. The van der Waals surface area contributed by atoms with Crippen LogP contribution >= 0.6 is 23.1 Å². The molecule has 0 fully saturated rings. The number of nitrogens with one attached hydrogen (secondary N) is 1. The predicted molar refractivity (Wildman–Crippen MR) is 112 cm³/mol. The van der Waals surface area contributed by atoms with E-state index in [-0.39, 0.29) is 11.7 Å². The summed E-state index contributed by atoms with van der Waals surface area (Å²) in [4.78, 5) is 26.8. The highest BCUT2D eigenvalue weighted by Gasteiger charge is 2.25. The molecular formula is C21H19NO3S2. The Hall–Kier alpha value is -2.57. The van der Waals surface area contributed by atoms with E-state index in [9.17, 15) is 9.59 Å². The van der Waals surface area contributed by atoms with Gasteiger partial charge in [0.1, 0.15) is 10.6 Å². The van der Waals surface area contributed by atoms with E-state index >= 15 is 0 Å². The van der Waals surface area contributed by atoms with Gasteiger partial charge in [-0.2, -0.15) is 0 Å². The summed E-state index contributed by atoms with van der Waals surface area (Å²) in [5.41, 5.74) is 2.13. The van der Waals surface area contributed by atoms with Crippen molar-refractivity contribution < 1.29 is 14.3 Å². The zero-order valence-corrected chi connectivity index (χ0v) is 16.7. The molecule has 1 amide bonds. The SMILES string of the molecule is COC(=O)c1c(NC(=O)CSc2ccccc2)sc(C)c1-c1ccccc1. The Kier molecular flexibility index (Phi) is 6.32. The van der Waals surface area contributed by atoms with Crippen LogP contribution in [0.3, 0.4) is 0 Å². The van der Waals surface area contributed by atoms with E-state index in [4.69, 9.17) is 4.74 Å². The summed E-state index contributed by atoms with van der Waals surface area (Å²) in [6.07, 6.45) is 0. The zero-order chi connectivity index (χ0) is 19.2. The number of hydrogen-bond acceptors (Lipinski definition) is 5. The van der Waals surface area contributed by atoms with Crippen molar-refractivity contribution in [1.82, 2.24) is 0 Å². The lowest BCUT2D eigenvalue weighted by molar-refractivity contribution is -0.113. The van der Waals surface area contributed by atoms with Crippen LogP contribution in [0.15, 0.2) is 65.6 Å². The molecule has 4 nitrogen and oxygen atoms in total. The van der Waals surface area contributed by atoms with Gasteiger partial charge < -0.3 is 10.1 Å². The van der Waals surface area contributed by atoms with Gasteiger partial charge in [0.15, 0.2) is 0 Å². The van der Waals surface area contributed by atoms with E-state index in [1.807, 2.05) is 67.6 Å². The third-order valence-electron chi connectivity index (χ3n) is 3.90. The lowest BCUT2D eigenvalue weighted by Crippen LogP contribution is -2.16. The van der Waals surface area contributed by atoms with Crippen LogP contribution < -0.4 is 5.32 Å². The first kappa shape index (κ1) is 19.2. The lowest BCUT2D eigenvalue weighted by Gasteiger charge is -2.08. The molecule has 3 aromatic rings. The highest BCUT2D eigenvalue weighted by molar-refractivity contribution is 8.00. The first-order valence-corrected chi connectivity index (χ1v) is 10.1. The van der Waals surface area contributed by atoms with Crippen molar-refractivity contribution in [3.05, 3.63) is 71.1 Å². The minimum Gasteiger partial charge on any atom is -0.465 e. The summed E-state index contributed by atoms with van der Waals surface area (Å²) < 4.78 is 4.97. The quantitative estimate of drug-likeness (QED) is 0.456. The molecule has 0 unspecified atom stereocenters. The zero-order valence-electron chi connectivity index (χ0n) is 15.0. The minimum atomic E-state index is -0.454. The van der Waals surface area contributed by atoms with Crippen molar-refractivity contribution in [2.45, 2.75) is 11.8 Å². The monoisotopic (exact) mass is 397 g/mol. The number of esters is 1. The van der Waals surface area contributed by atoms with E-state index in [0.29, 0.717) is 10.6 Å². The van der Waals surface area contributed by atoms with Crippen LogP contribution in [0.5, 0.6) is 0 Å². The largest absolute Gasteiger partial charge is 0.465 e. The number of amides is 1. The Balaban J connectivity index is 1.84. The number of benzene rings is 2. The summed E-state index contributed by atoms with van der Waals surface area (Å²) in [7, 11) is 1.35. The molecule has 0 radical (unpaired) electrons. The van der Waals surface area contributed by atoms with Gasteiger partial charge in [0, 0.05) is 15.3 Å². The van der Waals surface area contributed by atoms with Crippen LogP contribution in [-0.2, 0) is 9.53 Å². The molecule has 0 aliphatic heterocycles. The predicted octanol–water partition coefficient (Wildman–Crippen LogP) is 5.24. The van der Waals surface area contributed by atoms with Crippen molar-refractivity contribution in [1.29, 1.82) is 0 Å². The number of carbonyl (C=O) groups excluding carboxylic acids is 2. The van der Waals surface area contributed by atoms with Crippen LogP contribution in [0.2, 0.25) is 0 Å². The number of methoxy groups -OCH3 is 1. The fourth-order valence-electron chi connectivity index (χ4n) is 2.71. The maximum Gasteiger partial charge on any atom is 0.341 e. The van der Waals surface area contributed by atoms with Crippen LogP contribution in [0.4, 0.5) is 5.00 Å². The van der Waals surface area contributed by atoms with Gasteiger partial charge in [0.25, 0.3) is 0 Å². The number of hydrogen-bond donors (Lipinski definition) is 1. The molecule has 0 saturated heterocycles. The van der Waals surface area contributed by atoms with E-state index in [0.717, 1.165) is 20.9 Å². The first-order chi connectivity index (χ1) is 13.1. The highest BCUT2D eigenvalue weighted by Crippen LogP contribution is 2.40. The standard InChI is InChI=1S/C21H19NO3S2/c1-14-18(15-9-5-3-6-10-15)19(21(24)25-2)20(27-14)22-17(23)13-26-16-11-7-4-8-12-16/h3-12H,13H2,1-2H3,(H,22,23). The molecular weight excluding hydrogens is 378 g/mol. The fourth-order valence-corrected chi connectivity index (χ4v) is 4.51. The maximum absolute atomic E-state index is 12.4. The van der Waals surface area contributed by atoms with Gasteiger partial charge in [0.2, 0.25) is 5.91 Å².